The maximum Gasteiger partial charge on any atom is 0.136 e. The van der Waals surface area contributed by atoms with Crippen LogP contribution in [0.1, 0.15) is 19.4 Å². The molecule has 1 rings (SSSR count). The molecule has 0 aliphatic carbocycles. The van der Waals surface area contributed by atoms with Gasteiger partial charge in [0.15, 0.2) is 0 Å². The maximum atomic E-state index is 13.5. The van der Waals surface area contributed by atoms with Crippen LogP contribution in [0.2, 0.25) is 0 Å². The van der Waals surface area contributed by atoms with Gasteiger partial charge in [-0.2, -0.15) is 0 Å². The standard InChI is InChI=1S/C11H13BrFNO2/c1-7(2)6-16-11-4-8(12)3-10(13)9(11)5-14-15/h3-5,7,15H,6H2,1-2H3/b14-5+. The van der Waals surface area contributed by atoms with Crippen molar-refractivity contribution in [3.63, 3.8) is 0 Å². The van der Waals surface area contributed by atoms with Gasteiger partial charge in [-0.15, -0.1) is 0 Å². The van der Waals surface area contributed by atoms with Crippen molar-refractivity contribution in [2.45, 2.75) is 13.8 Å². The van der Waals surface area contributed by atoms with Crippen molar-refractivity contribution in [2.24, 2.45) is 11.1 Å². The van der Waals surface area contributed by atoms with E-state index < -0.39 is 5.82 Å². The van der Waals surface area contributed by atoms with Gasteiger partial charge in [-0.05, 0) is 18.1 Å². The molecule has 1 aromatic rings. The first-order chi connectivity index (χ1) is 7.54. The van der Waals surface area contributed by atoms with E-state index in [1.54, 1.807) is 6.07 Å². The lowest BCUT2D eigenvalue weighted by Gasteiger charge is -2.11. The molecule has 0 saturated heterocycles. The topological polar surface area (TPSA) is 41.8 Å². The fraction of sp³-hybridized carbons (Fsp3) is 0.364. The van der Waals surface area contributed by atoms with Crippen molar-refractivity contribution in [3.8, 4) is 5.75 Å². The van der Waals surface area contributed by atoms with Gasteiger partial charge < -0.3 is 9.94 Å². The van der Waals surface area contributed by atoms with E-state index in [0.29, 0.717) is 22.7 Å². The first-order valence-electron chi connectivity index (χ1n) is 4.84. The van der Waals surface area contributed by atoms with Gasteiger partial charge in [-0.1, -0.05) is 34.9 Å². The summed E-state index contributed by atoms with van der Waals surface area (Å²) in [7, 11) is 0. The molecule has 0 saturated carbocycles. The van der Waals surface area contributed by atoms with E-state index >= 15 is 0 Å². The van der Waals surface area contributed by atoms with Gasteiger partial charge in [0.2, 0.25) is 0 Å². The molecule has 5 heteroatoms. The zero-order valence-corrected chi connectivity index (χ0v) is 10.7. The second kappa shape index (κ2) is 5.84. The number of hydrogen-bond donors (Lipinski definition) is 1. The van der Waals surface area contributed by atoms with Gasteiger partial charge >= 0.3 is 0 Å². The van der Waals surface area contributed by atoms with E-state index in [-0.39, 0.29) is 5.56 Å². The Balaban J connectivity index is 3.03. The third-order valence-corrected chi connectivity index (χ3v) is 2.27. The van der Waals surface area contributed by atoms with E-state index in [9.17, 15) is 4.39 Å². The lowest BCUT2D eigenvalue weighted by Crippen LogP contribution is -2.07. The molecular formula is C11H13BrFNO2. The van der Waals surface area contributed by atoms with Gasteiger partial charge in [0.1, 0.15) is 11.6 Å². The summed E-state index contributed by atoms with van der Waals surface area (Å²) in [5, 5.41) is 11.3. The normalized spacial score (nSPS) is 11.3. The van der Waals surface area contributed by atoms with E-state index in [4.69, 9.17) is 9.94 Å². The third-order valence-electron chi connectivity index (χ3n) is 1.82. The predicted molar refractivity (Wildman–Crippen MR) is 63.8 cm³/mol. The molecule has 0 aliphatic rings. The van der Waals surface area contributed by atoms with Crippen LogP contribution in [0.25, 0.3) is 0 Å². The Kier molecular flexibility index (Phi) is 4.73. The fourth-order valence-electron chi connectivity index (χ4n) is 1.12. The summed E-state index contributed by atoms with van der Waals surface area (Å²) in [5.41, 5.74) is 0.145. The zero-order chi connectivity index (χ0) is 12.1. The maximum absolute atomic E-state index is 13.5. The second-order valence-electron chi connectivity index (χ2n) is 3.75. The van der Waals surface area contributed by atoms with E-state index in [1.807, 2.05) is 13.8 Å². The Hall–Kier alpha value is -1.10. The highest BCUT2D eigenvalue weighted by Gasteiger charge is 2.10. The predicted octanol–water partition coefficient (Wildman–Crippen LogP) is 3.43. The van der Waals surface area contributed by atoms with Crippen molar-refractivity contribution in [3.05, 3.63) is 28.0 Å². The SMILES string of the molecule is CC(C)COc1cc(Br)cc(F)c1/C=N/O. The van der Waals surface area contributed by atoms with Crippen molar-refractivity contribution in [2.75, 3.05) is 6.61 Å². The van der Waals surface area contributed by atoms with Crippen LogP contribution in [0.15, 0.2) is 21.8 Å². The van der Waals surface area contributed by atoms with Crippen LogP contribution in [-0.2, 0) is 0 Å². The largest absolute Gasteiger partial charge is 0.492 e. The van der Waals surface area contributed by atoms with Crippen LogP contribution < -0.4 is 4.74 Å². The molecule has 1 aromatic carbocycles. The minimum Gasteiger partial charge on any atom is -0.492 e. The minimum atomic E-state index is -0.495. The average Bonchev–Trinajstić information content (AvgIpc) is 2.19. The molecule has 0 amide bonds. The first kappa shape index (κ1) is 13.0. The molecule has 0 fully saturated rings. The van der Waals surface area contributed by atoms with Crippen LogP contribution in [0.4, 0.5) is 4.39 Å². The molecule has 0 aliphatic heterocycles. The Bertz CT molecular complexity index is 394. The highest BCUT2D eigenvalue weighted by molar-refractivity contribution is 9.10. The second-order valence-corrected chi connectivity index (χ2v) is 4.66. The Morgan fingerprint density at radius 3 is 2.81 bits per heavy atom. The van der Waals surface area contributed by atoms with E-state index in [1.165, 1.54) is 6.07 Å². The van der Waals surface area contributed by atoms with Crippen LogP contribution in [0.3, 0.4) is 0 Å². The zero-order valence-electron chi connectivity index (χ0n) is 9.08. The molecule has 0 heterocycles. The van der Waals surface area contributed by atoms with Crippen LogP contribution >= 0.6 is 15.9 Å². The Morgan fingerprint density at radius 1 is 1.56 bits per heavy atom. The van der Waals surface area contributed by atoms with E-state index in [0.717, 1.165) is 6.21 Å². The first-order valence-corrected chi connectivity index (χ1v) is 5.63. The van der Waals surface area contributed by atoms with Crippen molar-refractivity contribution >= 4 is 22.1 Å². The number of ether oxygens (including phenoxy) is 1. The monoisotopic (exact) mass is 289 g/mol. The Morgan fingerprint density at radius 2 is 2.25 bits per heavy atom. The summed E-state index contributed by atoms with van der Waals surface area (Å²) in [6.07, 6.45) is 1.03. The number of rotatable bonds is 4. The minimum absolute atomic E-state index is 0.145. The average molecular weight is 290 g/mol. The molecule has 1 N–H and O–H groups in total. The molecule has 0 atom stereocenters. The number of halogens is 2. The summed E-state index contributed by atoms with van der Waals surface area (Å²) in [6, 6.07) is 2.93. The van der Waals surface area contributed by atoms with E-state index in [2.05, 4.69) is 21.1 Å². The molecule has 0 radical (unpaired) electrons. The molecular weight excluding hydrogens is 277 g/mol. The number of nitrogens with zero attached hydrogens (tertiary/aromatic N) is 1. The molecule has 0 bridgehead atoms. The highest BCUT2D eigenvalue weighted by atomic mass is 79.9. The molecule has 0 unspecified atom stereocenters. The van der Waals surface area contributed by atoms with Crippen LogP contribution in [-0.4, -0.2) is 18.0 Å². The fourth-order valence-corrected chi connectivity index (χ4v) is 1.53. The summed E-state index contributed by atoms with van der Waals surface area (Å²) in [6.45, 7) is 4.46. The summed E-state index contributed by atoms with van der Waals surface area (Å²) in [5.74, 6) is 0.199. The third kappa shape index (κ3) is 3.48. The smallest absolute Gasteiger partial charge is 0.136 e. The molecule has 16 heavy (non-hydrogen) atoms. The summed E-state index contributed by atoms with van der Waals surface area (Å²) < 4.78 is 19.5. The number of oxime groups is 1. The van der Waals surface area contributed by atoms with Gasteiger partial charge in [0, 0.05) is 4.47 Å². The lowest BCUT2D eigenvalue weighted by atomic mass is 10.2. The molecule has 0 spiro atoms. The summed E-state index contributed by atoms with van der Waals surface area (Å²) >= 11 is 3.18. The van der Waals surface area contributed by atoms with Gasteiger partial charge in [-0.3, -0.25) is 0 Å². The van der Waals surface area contributed by atoms with Crippen molar-refractivity contribution in [1.29, 1.82) is 0 Å². The van der Waals surface area contributed by atoms with Crippen molar-refractivity contribution < 1.29 is 14.3 Å². The van der Waals surface area contributed by atoms with Gasteiger partial charge in [0.05, 0.1) is 18.4 Å². The van der Waals surface area contributed by atoms with Crippen molar-refractivity contribution in [1.82, 2.24) is 0 Å². The molecule has 3 nitrogen and oxygen atoms in total. The number of benzene rings is 1. The number of hydrogen-bond acceptors (Lipinski definition) is 3. The van der Waals surface area contributed by atoms with Crippen LogP contribution in [0.5, 0.6) is 5.75 Å². The summed E-state index contributed by atoms with van der Waals surface area (Å²) in [4.78, 5) is 0. The Labute approximate surface area is 102 Å². The highest BCUT2D eigenvalue weighted by Crippen LogP contribution is 2.26. The van der Waals surface area contributed by atoms with Crippen LogP contribution in [0, 0.1) is 11.7 Å². The van der Waals surface area contributed by atoms with Gasteiger partial charge in [0.25, 0.3) is 0 Å². The quantitative estimate of drug-likeness (QED) is 0.524. The van der Waals surface area contributed by atoms with Gasteiger partial charge in [-0.25, -0.2) is 4.39 Å². The lowest BCUT2D eigenvalue weighted by molar-refractivity contribution is 0.269. The molecule has 88 valence electrons. The molecule has 0 aromatic heterocycles.